The summed E-state index contributed by atoms with van der Waals surface area (Å²) in [6, 6.07) is 13.2. The molecule has 0 spiro atoms. The Morgan fingerprint density at radius 2 is 1.88 bits per heavy atom. The van der Waals surface area contributed by atoms with E-state index in [-0.39, 0.29) is 42.8 Å². The Kier molecular flexibility index (Phi) is 11.6. The van der Waals surface area contributed by atoms with Gasteiger partial charge in [-0.1, -0.05) is 32.9 Å². The number of hydrogen-bond donors (Lipinski definition) is 2. The van der Waals surface area contributed by atoms with Crippen LogP contribution in [0.15, 0.2) is 48.7 Å². The first kappa shape index (κ1) is 40.9. The number of hydrazine groups is 1. The molecule has 0 unspecified atom stereocenters. The average molecular weight is 805 g/mol. The van der Waals surface area contributed by atoms with Crippen LogP contribution in [0.3, 0.4) is 0 Å². The molecule has 1 aliphatic carbocycles. The van der Waals surface area contributed by atoms with E-state index < -0.39 is 23.5 Å². The summed E-state index contributed by atoms with van der Waals surface area (Å²) in [5, 5.41) is 5.65. The number of pyridine rings is 2. The van der Waals surface area contributed by atoms with Crippen LogP contribution in [0, 0.1) is 17.3 Å². The molecule has 6 bridgehead atoms. The van der Waals surface area contributed by atoms with Gasteiger partial charge < -0.3 is 29.2 Å². The molecule has 2 amide bonds. The number of esters is 1. The van der Waals surface area contributed by atoms with E-state index >= 15 is 0 Å². The van der Waals surface area contributed by atoms with E-state index in [1.165, 1.54) is 5.01 Å². The van der Waals surface area contributed by atoms with Crippen LogP contribution in [-0.4, -0.2) is 108 Å². The number of rotatable bonds is 7. The number of fused-ring (bicyclic) bond motifs is 6. The standard InChI is InChI=1S/C46H60N8O5/c1-8-53-40-15-14-30-22-34(40)36(42(53)35-24-32(26-47-41(35)29(3)58-7)52-19-17-51(6)18-20-52)25-46(4,5)27-59-45(57)38-13-10-16-54(50-38)44(56)39(49-43(55)33-21-28(33)2)23-31-11-9-12-37(30)48-31/h9,11-12,14-15,22,24,26,28-29,33,38-39,50H,8,10,13,16-21,23,25,27H2,1-7H3,(H,49,55)/t28-,29-,33-,38-,39-/m0/s1. The maximum Gasteiger partial charge on any atom is 0.324 e. The van der Waals surface area contributed by atoms with Crippen LogP contribution >= 0.6 is 0 Å². The molecule has 8 rings (SSSR count). The quantitative estimate of drug-likeness (QED) is 0.229. The van der Waals surface area contributed by atoms with Gasteiger partial charge in [0.2, 0.25) is 5.91 Å². The number of anilines is 1. The molecule has 3 fully saturated rings. The van der Waals surface area contributed by atoms with Crippen molar-refractivity contribution in [2.24, 2.45) is 17.3 Å². The Hall–Kier alpha value is -4.85. The van der Waals surface area contributed by atoms with Gasteiger partial charge >= 0.3 is 5.97 Å². The normalized spacial score (nSPS) is 24.4. The molecule has 5 atom stereocenters. The summed E-state index contributed by atoms with van der Waals surface area (Å²) >= 11 is 0. The molecule has 59 heavy (non-hydrogen) atoms. The van der Waals surface area contributed by atoms with Crippen molar-refractivity contribution in [3.63, 3.8) is 0 Å². The third kappa shape index (κ3) is 8.47. The van der Waals surface area contributed by atoms with Crippen molar-refractivity contribution in [1.82, 2.24) is 35.2 Å². The summed E-state index contributed by atoms with van der Waals surface area (Å²) in [4.78, 5) is 56.3. The Morgan fingerprint density at radius 3 is 2.61 bits per heavy atom. The van der Waals surface area contributed by atoms with Crippen molar-refractivity contribution in [1.29, 1.82) is 0 Å². The van der Waals surface area contributed by atoms with Crippen LogP contribution in [0.1, 0.15) is 76.9 Å². The molecular weight excluding hydrogens is 745 g/mol. The van der Waals surface area contributed by atoms with Crippen LogP contribution in [0.5, 0.6) is 0 Å². The number of carbonyl (C=O) groups excluding carboxylic acids is 3. The van der Waals surface area contributed by atoms with Gasteiger partial charge in [-0.2, -0.15) is 0 Å². The molecule has 2 N–H and O–H groups in total. The fourth-order valence-corrected chi connectivity index (χ4v) is 9.06. The van der Waals surface area contributed by atoms with E-state index in [0.717, 1.165) is 89.5 Å². The Morgan fingerprint density at radius 1 is 1.10 bits per heavy atom. The molecule has 13 nitrogen and oxygen atoms in total. The highest BCUT2D eigenvalue weighted by Gasteiger charge is 2.42. The molecule has 13 heteroatoms. The van der Waals surface area contributed by atoms with Gasteiger partial charge in [0.15, 0.2) is 0 Å². The van der Waals surface area contributed by atoms with Crippen molar-refractivity contribution >= 4 is 34.4 Å². The number of amides is 2. The molecule has 0 radical (unpaired) electrons. The van der Waals surface area contributed by atoms with Gasteiger partial charge in [0, 0.05) is 91.9 Å². The van der Waals surface area contributed by atoms with Gasteiger partial charge in [0.05, 0.1) is 41.7 Å². The number of piperazine rings is 1. The number of benzene rings is 1. The number of aryl methyl sites for hydroxylation is 1. The van der Waals surface area contributed by atoms with Crippen LogP contribution in [0.2, 0.25) is 0 Å². The average Bonchev–Trinajstić information content (AvgIpc) is 3.91. The Bertz CT molecular complexity index is 2230. The maximum absolute atomic E-state index is 14.2. The predicted molar refractivity (Wildman–Crippen MR) is 228 cm³/mol. The highest BCUT2D eigenvalue weighted by molar-refractivity contribution is 5.95. The number of aromatic nitrogens is 3. The summed E-state index contributed by atoms with van der Waals surface area (Å²) in [6.45, 7) is 15.7. The summed E-state index contributed by atoms with van der Waals surface area (Å²) < 4.78 is 14.5. The molecule has 4 aliphatic rings. The van der Waals surface area contributed by atoms with E-state index in [4.69, 9.17) is 19.4 Å². The van der Waals surface area contributed by atoms with Crippen LogP contribution in [0.25, 0.3) is 33.4 Å². The third-order valence-corrected chi connectivity index (χ3v) is 12.8. The number of carbonyl (C=O) groups is 3. The number of methoxy groups -OCH3 is 1. The molecule has 1 saturated carbocycles. The summed E-state index contributed by atoms with van der Waals surface area (Å²) in [7, 11) is 3.89. The van der Waals surface area contributed by atoms with Crippen molar-refractivity contribution in [2.45, 2.75) is 91.5 Å². The fourth-order valence-electron chi connectivity index (χ4n) is 9.06. The molecule has 4 aromatic rings. The molecule has 1 aromatic carbocycles. The molecule has 3 aliphatic heterocycles. The van der Waals surface area contributed by atoms with E-state index in [1.807, 2.05) is 38.2 Å². The van der Waals surface area contributed by atoms with Crippen molar-refractivity contribution in [3.05, 3.63) is 65.6 Å². The van der Waals surface area contributed by atoms with Gasteiger partial charge in [-0.15, -0.1) is 0 Å². The third-order valence-electron chi connectivity index (χ3n) is 12.8. The number of nitrogens with zero attached hydrogens (tertiary/aromatic N) is 6. The lowest BCUT2D eigenvalue weighted by Gasteiger charge is -2.35. The second-order valence-corrected chi connectivity index (χ2v) is 18.0. The minimum absolute atomic E-state index is 0.101. The van der Waals surface area contributed by atoms with Gasteiger partial charge in [-0.05, 0) is 88.4 Å². The van der Waals surface area contributed by atoms with Crippen LogP contribution in [0.4, 0.5) is 5.69 Å². The van der Waals surface area contributed by atoms with Crippen molar-refractivity contribution in [3.8, 4) is 22.5 Å². The van der Waals surface area contributed by atoms with Crippen LogP contribution < -0.4 is 15.6 Å². The molecule has 6 heterocycles. The van der Waals surface area contributed by atoms with Crippen LogP contribution in [-0.2, 0) is 43.2 Å². The highest BCUT2D eigenvalue weighted by Crippen LogP contribution is 2.43. The van der Waals surface area contributed by atoms with Gasteiger partial charge in [-0.25, -0.2) is 5.43 Å². The first-order valence-electron chi connectivity index (χ1n) is 21.5. The number of nitrogens with one attached hydrogen (secondary N) is 2. The number of ether oxygens (including phenoxy) is 2. The van der Waals surface area contributed by atoms with E-state index in [1.54, 1.807) is 7.11 Å². The number of hydrogen-bond acceptors (Lipinski definition) is 10. The Balaban J connectivity index is 1.28. The zero-order valence-corrected chi connectivity index (χ0v) is 35.7. The summed E-state index contributed by atoms with van der Waals surface area (Å²) in [5.74, 6) is -0.610. The minimum Gasteiger partial charge on any atom is -0.464 e. The largest absolute Gasteiger partial charge is 0.464 e. The predicted octanol–water partition coefficient (Wildman–Crippen LogP) is 5.55. The van der Waals surface area contributed by atoms with Gasteiger partial charge in [-0.3, -0.25) is 29.4 Å². The highest BCUT2D eigenvalue weighted by atomic mass is 16.5. The molecule has 2 saturated heterocycles. The first-order chi connectivity index (χ1) is 28.3. The molecule has 3 aromatic heterocycles. The van der Waals surface area contributed by atoms with E-state index in [2.05, 4.69) is 77.2 Å². The lowest BCUT2D eigenvalue weighted by Crippen LogP contribution is -2.60. The van der Waals surface area contributed by atoms with E-state index in [9.17, 15) is 14.4 Å². The molecular formula is C46H60N8O5. The lowest BCUT2D eigenvalue weighted by molar-refractivity contribution is -0.155. The van der Waals surface area contributed by atoms with Gasteiger partial charge in [0.1, 0.15) is 12.1 Å². The maximum atomic E-state index is 14.2. The first-order valence-corrected chi connectivity index (χ1v) is 21.5. The zero-order chi connectivity index (χ0) is 41.6. The monoisotopic (exact) mass is 804 g/mol. The van der Waals surface area contributed by atoms with Gasteiger partial charge in [0.25, 0.3) is 5.91 Å². The lowest BCUT2D eigenvalue weighted by atomic mass is 9.84. The number of cyclic esters (lactones) is 1. The molecule has 314 valence electrons. The van der Waals surface area contributed by atoms with E-state index in [0.29, 0.717) is 31.5 Å². The fraction of sp³-hybridized carbons (Fsp3) is 0.543. The zero-order valence-electron chi connectivity index (χ0n) is 35.7. The van der Waals surface area contributed by atoms with Crippen molar-refractivity contribution < 1.29 is 23.9 Å². The second kappa shape index (κ2) is 16.7. The number of likely N-dealkylation sites (N-methyl/N-ethyl adjacent to an activating group) is 1. The Labute approximate surface area is 347 Å². The topological polar surface area (TPSA) is 134 Å². The minimum atomic E-state index is -0.854. The van der Waals surface area contributed by atoms with Crippen molar-refractivity contribution in [2.75, 3.05) is 58.4 Å². The summed E-state index contributed by atoms with van der Waals surface area (Å²) in [5.41, 5.74) is 11.4. The SMILES string of the molecule is CCn1c(-c2cc(N3CCN(C)CC3)cnc2[C@H](C)OC)c2c3cc(ccc31)-c1cccc(n1)C[C@H](NC(=O)[C@H]1C[C@@H]1C)C(=O)N1CCC[C@H](N1)C(=O)OCC(C)(C)C2. The summed E-state index contributed by atoms with van der Waals surface area (Å²) in [6.07, 6.45) is 4.53. The second-order valence-electron chi connectivity index (χ2n) is 18.0. The smallest absolute Gasteiger partial charge is 0.324 e.